The lowest BCUT2D eigenvalue weighted by Crippen LogP contribution is -2.47. The normalized spacial score (nSPS) is 15.7. The number of hydrogen-bond donors (Lipinski definition) is 0. The minimum Gasteiger partial charge on any atom is -0.485 e. The third-order valence-corrected chi connectivity index (χ3v) is 4.88. The topological polar surface area (TPSA) is 45.7 Å². The van der Waals surface area contributed by atoms with E-state index in [9.17, 15) is 4.79 Å². The van der Waals surface area contributed by atoms with E-state index in [1.807, 2.05) is 23.1 Å². The van der Waals surface area contributed by atoms with Crippen LogP contribution in [-0.4, -0.2) is 53.9 Å². The minimum atomic E-state index is -0.00153. The molecule has 0 N–H and O–H groups in total. The number of nitrogens with zero attached hydrogens (tertiary/aromatic N) is 3. The van der Waals surface area contributed by atoms with Crippen LogP contribution in [0.1, 0.15) is 15.5 Å². The molecular weight excluding hydrogens is 334 g/mol. The average Bonchev–Trinajstić information content (AvgIpc) is 3.03. The van der Waals surface area contributed by atoms with Crippen LogP contribution in [0.3, 0.4) is 0 Å². The van der Waals surface area contributed by atoms with Crippen LogP contribution in [0.2, 0.25) is 5.02 Å². The van der Waals surface area contributed by atoms with Gasteiger partial charge >= 0.3 is 0 Å². The minimum absolute atomic E-state index is 0.00153. The molecule has 1 aliphatic heterocycles. The van der Waals surface area contributed by atoms with Gasteiger partial charge in [0.15, 0.2) is 0 Å². The van der Waals surface area contributed by atoms with Crippen molar-refractivity contribution in [3.8, 4) is 5.75 Å². The summed E-state index contributed by atoms with van der Waals surface area (Å²) in [6.07, 6.45) is 0. The predicted octanol–water partition coefficient (Wildman–Crippen LogP) is 2.76. The molecule has 3 rings (SSSR count). The lowest BCUT2D eigenvalue weighted by molar-refractivity contribution is 0.0658. The van der Waals surface area contributed by atoms with E-state index in [4.69, 9.17) is 16.3 Å². The summed E-state index contributed by atoms with van der Waals surface area (Å²) in [5.74, 6) is 0.620. The molecule has 1 amide bonds. The number of aromatic nitrogens is 1. The molecule has 1 aliphatic rings. The fourth-order valence-corrected chi connectivity index (χ4v) is 3.22. The van der Waals surface area contributed by atoms with E-state index in [0.29, 0.717) is 23.1 Å². The predicted molar refractivity (Wildman–Crippen MR) is 91.3 cm³/mol. The summed E-state index contributed by atoms with van der Waals surface area (Å²) in [6, 6.07) is 7.31. The molecule has 0 unspecified atom stereocenters. The summed E-state index contributed by atoms with van der Waals surface area (Å²) in [5.41, 5.74) is 0.498. The van der Waals surface area contributed by atoms with Crippen LogP contribution in [0.4, 0.5) is 0 Å². The summed E-state index contributed by atoms with van der Waals surface area (Å²) in [4.78, 5) is 20.9. The molecule has 0 bridgehead atoms. The van der Waals surface area contributed by atoms with Crippen molar-refractivity contribution in [2.24, 2.45) is 0 Å². The smallest absolute Gasteiger partial charge is 0.273 e. The molecule has 2 aromatic rings. The second kappa shape index (κ2) is 7.29. The van der Waals surface area contributed by atoms with Crippen molar-refractivity contribution in [2.75, 3.05) is 33.2 Å². The molecule has 2 heterocycles. The van der Waals surface area contributed by atoms with Crippen molar-refractivity contribution in [1.29, 1.82) is 0 Å². The van der Waals surface area contributed by atoms with Gasteiger partial charge in [0.25, 0.3) is 5.91 Å². The van der Waals surface area contributed by atoms with Gasteiger partial charge < -0.3 is 14.5 Å². The Balaban J connectivity index is 1.59. The first kappa shape index (κ1) is 16.2. The zero-order chi connectivity index (χ0) is 16.2. The first-order valence-corrected chi connectivity index (χ1v) is 8.69. The highest BCUT2D eigenvalue weighted by Crippen LogP contribution is 2.24. The Morgan fingerprint density at radius 3 is 2.78 bits per heavy atom. The molecule has 1 aromatic heterocycles. The molecule has 5 nitrogen and oxygen atoms in total. The lowest BCUT2D eigenvalue weighted by atomic mass is 10.3. The number of amides is 1. The van der Waals surface area contributed by atoms with Crippen molar-refractivity contribution < 1.29 is 9.53 Å². The van der Waals surface area contributed by atoms with Crippen LogP contribution in [0.15, 0.2) is 29.6 Å². The maximum Gasteiger partial charge on any atom is 0.273 e. The standard InChI is InChI=1S/C16H18ClN3O2S/c1-19-6-8-20(9-7-19)16(21)13-11-23-15(18-13)10-22-14-5-3-2-4-12(14)17/h2-5,11H,6-10H2,1H3. The largest absolute Gasteiger partial charge is 0.485 e. The van der Waals surface area contributed by atoms with Gasteiger partial charge in [0.2, 0.25) is 0 Å². The number of carbonyl (C=O) groups is 1. The van der Waals surface area contributed by atoms with Crippen molar-refractivity contribution in [3.05, 3.63) is 45.4 Å². The Morgan fingerprint density at radius 1 is 1.30 bits per heavy atom. The quantitative estimate of drug-likeness (QED) is 0.849. The van der Waals surface area contributed by atoms with Crippen molar-refractivity contribution in [2.45, 2.75) is 6.61 Å². The van der Waals surface area contributed by atoms with Gasteiger partial charge in [-0.3, -0.25) is 4.79 Å². The van der Waals surface area contributed by atoms with Crippen molar-refractivity contribution >= 4 is 28.8 Å². The number of piperazine rings is 1. The zero-order valence-corrected chi connectivity index (χ0v) is 14.4. The van der Waals surface area contributed by atoms with Gasteiger partial charge in [-0.25, -0.2) is 4.98 Å². The molecule has 23 heavy (non-hydrogen) atoms. The SMILES string of the molecule is CN1CCN(C(=O)c2csc(COc3ccccc3Cl)n2)CC1. The van der Waals surface area contributed by atoms with E-state index in [-0.39, 0.29) is 5.91 Å². The van der Waals surface area contributed by atoms with E-state index in [0.717, 1.165) is 31.2 Å². The number of carbonyl (C=O) groups excluding carboxylic acids is 1. The monoisotopic (exact) mass is 351 g/mol. The number of likely N-dealkylation sites (N-methyl/N-ethyl adjacent to an activating group) is 1. The highest BCUT2D eigenvalue weighted by atomic mass is 35.5. The Morgan fingerprint density at radius 2 is 2.04 bits per heavy atom. The third-order valence-electron chi connectivity index (χ3n) is 3.75. The first-order valence-electron chi connectivity index (χ1n) is 7.43. The molecule has 0 atom stereocenters. The molecule has 0 saturated carbocycles. The van der Waals surface area contributed by atoms with Crippen LogP contribution < -0.4 is 4.74 Å². The van der Waals surface area contributed by atoms with Gasteiger partial charge in [-0.05, 0) is 19.2 Å². The molecule has 1 fully saturated rings. The first-order chi connectivity index (χ1) is 11.1. The van der Waals surface area contributed by atoms with E-state index < -0.39 is 0 Å². The third kappa shape index (κ3) is 4.02. The molecule has 1 aromatic carbocycles. The summed E-state index contributed by atoms with van der Waals surface area (Å²) in [7, 11) is 2.06. The van der Waals surface area contributed by atoms with Gasteiger partial charge in [-0.15, -0.1) is 11.3 Å². The summed E-state index contributed by atoms with van der Waals surface area (Å²) < 4.78 is 5.66. The molecule has 1 saturated heterocycles. The van der Waals surface area contributed by atoms with Gasteiger partial charge in [0, 0.05) is 31.6 Å². The molecule has 0 aliphatic carbocycles. The summed E-state index contributed by atoms with van der Waals surface area (Å²) >= 11 is 7.48. The molecular formula is C16H18ClN3O2S. The Bertz CT molecular complexity index is 683. The second-order valence-electron chi connectivity index (χ2n) is 5.44. The van der Waals surface area contributed by atoms with E-state index in [2.05, 4.69) is 16.9 Å². The Labute approximate surface area is 144 Å². The Hall–Kier alpha value is -1.63. The second-order valence-corrected chi connectivity index (χ2v) is 6.79. The number of rotatable bonds is 4. The van der Waals surface area contributed by atoms with Crippen molar-refractivity contribution in [1.82, 2.24) is 14.8 Å². The fraction of sp³-hybridized carbons (Fsp3) is 0.375. The Kier molecular flexibility index (Phi) is 5.15. The number of ether oxygens (including phenoxy) is 1. The molecule has 0 spiro atoms. The number of thiazole rings is 1. The molecule has 0 radical (unpaired) electrons. The van der Waals surface area contributed by atoms with Crippen LogP contribution in [0.25, 0.3) is 0 Å². The summed E-state index contributed by atoms with van der Waals surface area (Å²) in [6.45, 7) is 3.61. The highest BCUT2D eigenvalue weighted by molar-refractivity contribution is 7.09. The number of para-hydroxylation sites is 1. The van der Waals surface area contributed by atoms with Gasteiger partial charge in [0.05, 0.1) is 5.02 Å². The van der Waals surface area contributed by atoms with Crippen LogP contribution in [0.5, 0.6) is 5.75 Å². The summed E-state index contributed by atoms with van der Waals surface area (Å²) in [5, 5.41) is 3.13. The van der Waals surface area contributed by atoms with E-state index in [1.54, 1.807) is 11.4 Å². The zero-order valence-electron chi connectivity index (χ0n) is 12.9. The van der Waals surface area contributed by atoms with Crippen LogP contribution in [0, 0.1) is 0 Å². The van der Waals surface area contributed by atoms with Crippen molar-refractivity contribution in [3.63, 3.8) is 0 Å². The molecule has 7 heteroatoms. The maximum atomic E-state index is 12.4. The van der Waals surface area contributed by atoms with Crippen LogP contribution >= 0.6 is 22.9 Å². The number of benzene rings is 1. The fourth-order valence-electron chi connectivity index (χ4n) is 2.35. The van der Waals surface area contributed by atoms with E-state index in [1.165, 1.54) is 11.3 Å². The number of halogens is 1. The molecule has 122 valence electrons. The average molecular weight is 352 g/mol. The van der Waals surface area contributed by atoms with Crippen LogP contribution in [-0.2, 0) is 6.61 Å². The number of hydrogen-bond acceptors (Lipinski definition) is 5. The van der Waals surface area contributed by atoms with Gasteiger partial charge in [-0.2, -0.15) is 0 Å². The maximum absolute atomic E-state index is 12.4. The van der Waals surface area contributed by atoms with E-state index >= 15 is 0 Å². The highest BCUT2D eigenvalue weighted by Gasteiger charge is 2.22. The van der Waals surface area contributed by atoms with Gasteiger partial charge in [-0.1, -0.05) is 23.7 Å². The van der Waals surface area contributed by atoms with Gasteiger partial charge in [0.1, 0.15) is 23.1 Å². The lowest BCUT2D eigenvalue weighted by Gasteiger charge is -2.31.